The lowest BCUT2D eigenvalue weighted by Gasteiger charge is -2.10. The van der Waals surface area contributed by atoms with Crippen LogP contribution in [0.25, 0.3) is 0 Å². The van der Waals surface area contributed by atoms with E-state index in [0.717, 1.165) is 5.56 Å². The van der Waals surface area contributed by atoms with Crippen molar-refractivity contribution < 1.29 is 9.13 Å². The Hall–Kier alpha value is -1.64. The van der Waals surface area contributed by atoms with Gasteiger partial charge in [-0.05, 0) is 38.1 Å². The van der Waals surface area contributed by atoms with Gasteiger partial charge in [-0.15, -0.1) is 0 Å². The van der Waals surface area contributed by atoms with Gasteiger partial charge in [0.2, 0.25) is 0 Å². The van der Waals surface area contributed by atoms with Gasteiger partial charge in [0.1, 0.15) is 17.3 Å². The maximum Gasteiger partial charge on any atom is 0.137 e. The summed E-state index contributed by atoms with van der Waals surface area (Å²) in [6.07, 6.45) is 0. The van der Waals surface area contributed by atoms with Gasteiger partial charge in [-0.3, -0.25) is 4.99 Å². The fraction of sp³-hybridized carbons (Fsp3) is 0.308. The summed E-state index contributed by atoms with van der Waals surface area (Å²) in [6, 6.07) is 6.15. The van der Waals surface area contributed by atoms with Crippen LogP contribution in [0.2, 0.25) is 0 Å². The van der Waals surface area contributed by atoms with E-state index in [1.54, 1.807) is 12.1 Å². The van der Waals surface area contributed by atoms with Crippen molar-refractivity contribution in [3.05, 3.63) is 48.0 Å². The molecule has 0 radical (unpaired) electrons. The van der Waals surface area contributed by atoms with Gasteiger partial charge in [-0.1, -0.05) is 6.58 Å². The van der Waals surface area contributed by atoms with Gasteiger partial charge in [0, 0.05) is 12.1 Å². The summed E-state index contributed by atoms with van der Waals surface area (Å²) in [7, 11) is 0. The number of hydrogen-bond acceptors (Lipinski definition) is 2. The maximum absolute atomic E-state index is 12.8. The Balaban J connectivity index is 2.99. The summed E-state index contributed by atoms with van der Waals surface area (Å²) in [6.45, 7) is 8.82. The zero-order valence-electron chi connectivity index (χ0n) is 9.66. The molecule has 16 heavy (non-hydrogen) atoms. The Kier molecular flexibility index (Phi) is 4.70. The third kappa shape index (κ3) is 3.19. The van der Waals surface area contributed by atoms with Crippen LogP contribution in [0.1, 0.15) is 19.4 Å². The van der Waals surface area contributed by atoms with Crippen LogP contribution in [0.3, 0.4) is 0 Å². The van der Waals surface area contributed by atoms with E-state index >= 15 is 0 Å². The first-order valence-corrected chi connectivity index (χ1v) is 5.31. The second-order valence-corrected chi connectivity index (χ2v) is 3.19. The number of benzene rings is 1. The zero-order chi connectivity index (χ0) is 12.0. The molecular formula is C13H16FNO. The molecule has 1 aromatic carbocycles. The standard InChI is InChI=1S/C13H16FNO/c1-4-15-13(10(3)16-5-2)11-6-8-12(14)9-7-11/h6-9H,3-5H2,1-2H3. The van der Waals surface area contributed by atoms with Gasteiger partial charge in [0.05, 0.1) is 6.61 Å². The van der Waals surface area contributed by atoms with Crippen LogP contribution in [0, 0.1) is 5.82 Å². The number of hydrogen-bond donors (Lipinski definition) is 0. The predicted octanol–water partition coefficient (Wildman–Crippen LogP) is 3.18. The van der Waals surface area contributed by atoms with E-state index in [-0.39, 0.29) is 5.82 Å². The molecule has 0 aliphatic rings. The SMILES string of the molecule is C=C(OCC)C(=NCC)c1ccc(F)cc1. The largest absolute Gasteiger partial charge is 0.492 e. The Morgan fingerprint density at radius 2 is 1.94 bits per heavy atom. The highest BCUT2D eigenvalue weighted by Crippen LogP contribution is 2.11. The van der Waals surface area contributed by atoms with Crippen LogP contribution in [0.5, 0.6) is 0 Å². The third-order valence-electron chi connectivity index (χ3n) is 2.02. The minimum atomic E-state index is -0.262. The molecule has 0 bridgehead atoms. The molecule has 0 saturated heterocycles. The molecule has 0 aliphatic heterocycles. The van der Waals surface area contributed by atoms with Crippen molar-refractivity contribution >= 4 is 5.71 Å². The van der Waals surface area contributed by atoms with E-state index in [1.165, 1.54) is 12.1 Å². The van der Waals surface area contributed by atoms with Crippen LogP contribution in [-0.2, 0) is 4.74 Å². The smallest absolute Gasteiger partial charge is 0.137 e. The Morgan fingerprint density at radius 1 is 1.31 bits per heavy atom. The quantitative estimate of drug-likeness (QED) is 0.552. The molecule has 0 amide bonds. The summed E-state index contributed by atoms with van der Waals surface area (Å²) in [4.78, 5) is 4.31. The molecule has 0 aliphatic carbocycles. The molecule has 0 spiro atoms. The van der Waals surface area contributed by atoms with Crippen LogP contribution in [-0.4, -0.2) is 18.9 Å². The highest BCUT2D eigenvalue weighted by atomic mass is 19.1. The lowest BCUT2D eigenvalue weighted by atomic mass is 10.1. The molecule has 1 aromatic rings. The van der Waals surface area contributed by atoms with Crippen molar-refractivity contribution in [3.8, 4) is 0 Å². The summed E-state index contributed by atoms with van der Waals surface area (Å²) in [5.41, 5.74) is 1.51. The van der Waals surface area contributed by atoms with Crippen molar-refractivity contribution in [2.75, 3.05) is 13.2 Å². The number of ether oxygens (including phenoxy) is 1. The first-order chi connectivity index (χ1) is 7.69. The maximum atomic E-state index is 12.8. The zero-order valence-corrected chi connectivity index (χ0v) is 9.66. The Labute approximate surface area is 95.5 Å². The fourth-order valence-electron chi connectivity index (χ4n) is 1.35. The molecule has 0 fully saturated rings. The van der Waals surface area contributed by atoms with Crippen molar-refractivity contribution in [3.63, 3.8) is 0 Å². The van der Waals surface area contributed by atoms with Crippen LogP contribution >= 0.6 is 0 Å². The highest BCUT2D eigenvalue weighted by molar-refractivity contribution is 6.11. The Bertz CT molecular complexity index is 381. The second kappa shape index (κ2) is 6.05. The van der Waals surface area contributed by atoms with Crippen molar-refractivity contribution in [1.29, 1.82) is 0 Å². The molecule has 0 aromatic heterocycles. The first kappa shape index (κ1) is 12.4. The summed E-state index contributed by atoms with van der Waals surface area (Å²) in [5.74, 6) is 0.262. The van der Waals surface area contributed by atoms with Crippen molar-refractivity contribution in [2.45, 2.75) is 13.8 Å². The molecular weight excluding hydrogens is 205 g/mol. The summed E-state index contributed by atoms with van der Waals surface area (Å²) < 4.78 is 18.1. The van der Waals surface area contributed by atoms with Crippen LogP contribution in [0.4, 0.5) is 4.39 Å². The van der Waals surface area contributed by atoms with E-state index in [2.05, 4.69) is 11.6 Å². The Morgan fingerprint density at radius 3 is 2.44 bits per heavy atom. The van der Waals surface area contributed by atoms with E-state index in [1.807, 2.05) is 13.8 Å². The molecule has 3 heteroatoms. The average Bonchev–Trinajstić information content (AvgIpc) is 2.28. The predicted molar refractivity (Wildman–Crippen MR) is 64.2 cm³/mol. The monoisotopic (exact) mass is 221 g/mol. The van der Waals surface area contributed by atoms with E-state index in [4.69, 9.17) is 4.74 Å². The molecule has 86 valence electrons. The number of rotatable bonds is 5. The van der Waals surface area contributed by atoms with Gasteiger partial charge >= 0.3 is 0 Å². The lowest BCUT2D eigenvalue weighted by molar-refractivity contribution is 0.251. The van der Waals surface area contributed by atoms with E-state index in [9.17, 15) is 4.39 Å². The fourth-order valence-corrected chi connectivity index (χ4v) is 1.35. The van der Waals surface area contributed by atoms with E-state index < -0.39 is 0 Å². The van der Waals surface area contributed by atoms with Gasteiger partial charge < -0.3 is 4.74 Å². The molecule has 0 N–H and O–H groups in total. The van der Waals surface area contributed by atoms with Gasteiger partial charge in [0.25, 0.3) is 0 Å². The second-order valence-electron chi connectivity index (χ2n) is 3.19. The molecule has 0 saturated carbocycles. The minimum Gasteiger partial charge on any atom is -0.492 e. The number of halogens is 1. The molecule has 1 rings (SSSR count). The molecule has 0 atom stereocenters. The number of allylic oxidation sites excluding steroid dienone is 1. The number of aliphatic imine (C=N–C) groups is 1. The van der Waals surface area contributed by atoms with E-state index in [0.29, 0.717) is 24.6 Å². The van der Waals surface area contributed by atoms with Crippen LogP contribution in [0.15, 0.2) is 41.6 Å². The highest BCUT2D eigenvalue weighted by Gasteiger charge is 2.08. The lowest BCUT2D eigenvalue weighted by Crippen LogP contribution is -2.08. The van der Waals surface area contributed by atoms with Crippen molar-refractivity contribution in [1.82, 2.24) is 0 Å². The van der Waals surface area contributed by atoms with Crippen LogP contribution < -0.4 is 0 Å². The minimum absolute atomic E-state index is 0.262. The first-order valence-electron chi connectivity index (χ1n) is 5.31. The molecule has 0 heterocycles. The summed E-state index contributed by atoms with van der Waals surface area (Å²) in [5, 5.41) is 0. The molecule has 2 nitrogen and oxygen atoms in total. The number of nitrogens with zero attached hydrogens (tertiary/aromatic N) is 1. The van der Waals surface area contributed by atoms with Gasteiger partial charge in [-0.25, -0.2) is 4.39 Å². The van der Waals surface area contributed by atoms with Gasteiger partial charge in [-0.2, -0.15) is 0 Å². The third-order valence-corrected chi connectivity index (χ3v) is 2.02. The normalized spacial score (nSPS) is 11.3. The van der Waals surface area contributed by atoms with Gasteiger partial charge in [0.15, 0.2) is 0 Å². The summed E-state index contributed by atoms with van der Waals surface area (Å²) >= 11 is 0. The average molecular weight is 221 g/mol. The van der Waals surface area contributed by atoms with Crippen molar-refractivity contribution in [2.24, 2.45) is 4.99 Å². The topological polar surface area (TPSA) is 21.6 Å². The molecule has 0 unspecified atom stereocenters.